The summed E-state index contributed by atoms with van der Waals surface area (Å²) in [6.07, 6.45) is 1.60. The molecular formula is C23H30N6O3. The number of carbonyl (C=O) groups is 2. The van der Waals surface area contributed by atoms with Crippen molar-refractivity contribution in [1.82, 2.24) is 24.8 Å². The van der Waals surface area contributed by atoms with Crippen LogP contribution >= 0.6 is 0 Å². The third-order valence-corrected chi connectivity index (χ3v) is 5.56. The number of hydrogen-bond acceptors (Lipinski definition) is 5. The molecule has 4 N–H and O–H groups in total. The van der Waals surface area contributed by atoms with E-state index in [-0.39, 0.29) is 28.9 Å². The summed E-state index contributed by atoms with van der Waals surface area (Å²) in [6, 6.07) is 5.23. The van der Waals surface area contributed by atoms with Crippen LogP contribution < -0.4 is 16.0 Å². The number of amides is 2. The highest BCUT2D eigenvalue weighted by Gasteiger charge is 2.31. The summed E-state index contributed by atoms with van der Waals surface area (Å²) in [6.45, 7) is 11.2. The maximum Gasteiger partial charge on any atom is 0.287 e. The van der Waals surface area contributed by atoms with Crippen LogP contribution in [0.25, 0.3) is 10.9 Å². The Balaban J connectivity index is 1.63. The standard InChI is InChI=1S/C23H30N6O3/c1-22(2,3)27-21(32)19-25-17(11-28(19)6)26-20(31)13-7-8-14-15(9-13)29-16(18(14)30)10-24-12-23(29,4)5/h7-9,11,24,30H,10,12H2,1-6H3,(H,26,31)(H,27,32). The Labute approximate surface area is 186 Å². The monoisotopic (exact) mass is 438 g/mol. The van der Waals surface area contributed by atoms with Gasteiger partial charge in [0.05, 0.1) is 16.7 Å². The minimum absolute atomic E-state index is 0.213. The van der Waals surface area contributed by atoms with Gasteiger partial charge in [0.2, 0.25) is 5.82 Å². The Hall–Kier alpha value is -3.33. The highest BCUT2D eigenvalue weighted by Crippen LogP contribution is 2.38. The second-order valence-electron chi connectivity index (χ2n) is 10.00. The first-order valence-corrected chi connectivity index (χ1v) is 10.6. The fourth-order valence-electron chi connectivity index (χ4n) is 4.21. The third-order valence-electron chi connectivity index (χ3n) is 5.56. The van der Waals surface area contributed by atoms with Crippen molar-refractivity contribution in [2.24, 2.45) is 7.05 Å². The molecule has 2 aromatic heterocycles. The second kappa shape index (κ2) is 7.37. The number of aromatic hydroxyl groups is 1. The molecule has 0 saturated carbocycles. The molecule has 1 aliphatic rings. The highest BCUT2D eigenvalue weighted by molar-refractivity contribution is 6.06. The summed E-state index contributed by atoms with van der Waals surface area (Å²) in [7, 11) is 1.71. The zero-order valence-corrected chi connectivity index (χ0v) is 19.3. The van der Waals surface area contributed by atoms with Crippen LogP contribution in [0.1, 0.15) is 61.3 Å². The Kier molecular flexibility index (Phi) is 5.04. The fraction of sp³-hybridized carbons (Fsp3) is 0.435. The maximum absolute atomic E-state index is 13.0. The molecule has 0 radical (unpaired) electrons. The van der Waals surface area contributed by atoms with Crippen molar-refractivity contribution >= 4 is 28.5 Å². The molecule has 9 nitrogen and oxygen atoms in total. The number of aromatic nitrogens is 3. The van der Waals surface area contributed by atoms with Gasteiger partial charge in [-0.1, -0.05) is 0 Å². The number of carbonyl (C=O) groups excluding carboxylic acids is 2. The molecule has 0 fully saturated rings. The molecule has 3 aromatic rings. The van der Waals surface area contributed by atoms with Gasteiger partial charge in [0.25, 0.3) is 11.8 Å². The van der Waals surface area contributed by atoms with Gasteiger partial charge in [-0.05, 0) is 52.8 Å². The van der Waals surface area contributed by atoms with Gasteiger partial charge in [0.15, 0.2) is 5.82 Å². The van der Waals surface area contributed by atoms with Crippen molar-refractivity contribution in [2.75, 3.05) is 11.9 Å². The van der Waals surface area contributed by atoms with E-state index in [0.717, 1.165) is 17.8 Å². The molecule has 9 heteroatoms. The normalized spacial score (nSPS) is 15.4. The first-order chi connectivity index (χ1) is 14.9. The first-order valence-electron chi connectivity index (χ1n) is 10.6. The number of hydrogen-bond donors (Lipinski definition) is 4. The Morgan fingerprint density at radius 3 is 2.62 bits per heavy atom. The van der Waals surface area contributed by atoms with Gasteiger partial charge in [-0.3, -0.25) is 9.59 Å². The van der Waals surface area contributed by atoms with Crippen molar-refractivity contribution in [2.45, 2.75) is 52.2 Å². The number of aryl methyl sites for hydroxylation is 1. The number of benzene rings is 1. The van der Waals surface area contributed by atoms with Crippen molar-refractivity contribution in [3.63, 3.8) is 0 Å². The number of rotatable bonds is 3. The van der Waals surface area contributed by atoms with E-state index in [1.54, 1.807) is 36.0 Å². The molecule has 0 unspecified atom stereocenters. The van der Waals surface area contributed by atoms with Crippen molar-refractivity contribution in [1.29, 1.82) is 0 Å². The number of anilines is 1. The number of nitrogens with one attached hydrogen (secondary N) is 3. The molecule has 0 bridgehead atoms. The van der Waals surface area contributed by atoms with Gasteiger partial charge < -0.3 is 30.2 Å². The molecule has 170 valence electrons. The van der Waals surface area contributed by atoms with Crippen LogP contribution in [-0.2, 0) is 19.1 Å². The molecule has 3 heterocycles. The van der Waals surface area contributed by atoms with E-state index in [2.05, 4.69) is 39.3 Å². The Bertz CT molecular complexity index is 1230. The van der Waals surface area contributed by atoms with Gasteiger partial charge in [0, 0.05) is 42.8 Å². The molecule has 0 spiro atoms. The van der Waals surface area contributed by atoms with Crippen LogP contribution in [0.15, 0.2) is 24.4 Å². The largest absolute Gasteiger partial charge is 0.505 e. The number of fused-ring (bicyclic) bond motifs is 3. The smallest absolute Gasteiger partial charge is 0.287 e. The summed E-state index contributed by atoms with van der Waals surface area (Å²) < 4.78 is 3.68. The summed E-state index contributed by atoms with van der Waals surface area (Å²) >= 11 is 0. The summed E-state index contributed by atoms with van der Waals surface area (Å²) in [5.41, 5.74) is 1.42. The lowest BCUT2D eigenvalue weighted by Gasteiger charge is -2.34. The Morgan fingerprint density at radius 1 is 1.22 bits per heavy atom. The topological polar surface area (TPSA) is 113 Å². The zero-order valence-electron chi connectivity index (χ0n) is 19.3. The molecular weight excluding hydrogens is 408 g/mol. The van der Waals surface area contributed by atoms with E-state index in [4.69, 9.17) is 0 Å². The molecule has 0 atom stereocenters. The second-order valence-corrected chi connectivity index (χ2v) is 10.00. The van der Waals surface area contributed by atoms with E-state index in [1.807, 2.05) is 20.8 Å². The molecule has 32 heavy (non-hydrogen) atoms. The minimum atomic E-state index is -0.396. The van der Waals surface area contributed by atoms with Crippen molar-refractivity contribution in [3.8, 4) is 5.75 Å². The van der Waals surface area contributed by atoms with Crippen LogP contribution in [-0.4, -0.2) is 43.1 Å². The van der Waals surface area contributed by atoms with Crippen LogP contribution in [0.5, 0.6) is 5.75 Å². The zero-order chi connectivity index (χ0) is 23.4. The summed E-state index contributed by atoms with van der Waals surface area (Å²) in [5, 5.41) is 20.4. The predicted molar refractivity (Wildman–Crippen MR) is 123 cm³/mol. The maximum atomic E-state index is 13.0. The molecule has 0 aliphatic carbocycles. The number of nitrogens with zero attached hydrogens (tertiary/aromatic N) is 3. The number of imidazole rings is 1. The van der Waals surface area contributed by atoms with E-state index >= 15 is 0 Å². The average Bonchev–Trinajstić information content (AvgIpc) is 3.18. The van der Waals surface area contributed by atoms with Gasteiger partial charge >= 0.3 is 0 Å². The lowest BCUT2D eigenvalue weighted by molar-refractivity contribution is 0.0904. The van der Waals surface area contributed by atoms with Crippen LogP contribution in [0.3, 0.4) is 0 Å². The van der Waals surface area contributed by atoms with Gasteiger partial charge in [-0.15, -0.1) is 0 Å². The van der Waals surface area contributed by atoms with E-state index in [0.29, 0.717) is 23.3 Å². The third kappa shape index (κ3) is 3.84. The van der Waals surface area contributed by atoms with E-state index in [1.165, 1.54) is 0 Å². The van der Waals surface area contributed by atoms with Crippen molar-refractivity contribution in [3.05, 3.63) is 41.5 Å². The summed E-state index contributed by atoms with van der Waals surface area (Å²) in [4.78, 5) is 29.7. The highest BCUT2D eigenvalue weighted by atomic mass is 16.3. The van der Waals surface area contributed by atoms with Gasteiger partial charge in [-0.2, -0.15) is 0 Å². The molecule has 1 aliphatic heterocycles. The van der Waals surface area contributed by atoms with E-state index < -0.39 is 5.54 Å². The lowest BCUT2D eigenvalue weighted by atomic mass is 10.0. The predicted octanol–water partition coefficient (Wildman–Crippen LogP) is 2.70. The SMILES string of the molecule is Cn1cc(NC(=O)c2ccc3c(O)c4n(c3c2)C(C)(C)CNC4)nc1C(=O)NC(C)(C)C. The first kappa shape index (κ1) is 21.9. The Morgan fingerprint density at radius 2 is 1.94 bits per heavy atom. The van der Waals surface area contributed by atoms with Crippen LogP contribution in [0, 0.1) is 0 Å². The van der Waals surface area contributed by atoms with Gasteiger partial charge in [-0.25, -0.2) is 4.98 Å². The molecule has 4 rings (SSSR count). The average molecular weight is 439 g/mol. The quantitative estimate of drug-likeness (QED) is 0.502. The molecule has 1 aromatic carbocycles. The molecule has 0 saturated heterocycles. The fourth-order valence-corrected chi connectivity index (χ4v) is 4.21. The molecule has 2 amide bonds. The van der Waals surface area contributed by atoms with Crippen LogP contribution in [0.4, 0.5) is 5.82 Å². The minimum Gasteiger partial charge on any atom is -0.505 e. The van der Waals surface area contributed by atoms with Gasteiger partial charge in [0.1, 0.15) is 5.75 Å². The lowest BCUT2D eigenvalue weighted by Crippen LogP contribution is -2.43. The van der Waals surface area contributed by atoms with Crippen molar-refractivity contribution < 1.29 is 14.7 Å². The van der Waals surface area contributed by atoms with Crippen LogP contribution in [0.2, 0.25) is 0 Å². The van der Waals surface area contributed by atoms with E-state index in [9.17, 15) is 14.7 Å². The summed E-state index contributed by atoms with van der Waals surface area (Å²) in [5.74, 6) is 0.0980.